The summed E-state index contributed by atoms with van der Waals surface area (Å²) in [6, 6.07) is 0.451. The molecule has 2 N–H and O–H groups in total. The highest BCUT2D eigenvalue weighted by Crippen LogP contribution is 2.48. The van der Waals surface area contributed by atoms with E-state index >= 15 is 0 Å². The second-order valence-corrected chi connectivity index (χ2v) is 7.36. The summed E-state index contributed by atoms with van der Waals surface area (Å²) in [6.45, 7) is 17.9. The molecule has 0 radical (unpaired) electrons. The summed E-state index contributed by atoms with van der Waals surface area (Å²) in [4.78, 5) is 7.36. The number of hydrogen-bond donors (Lipinski definition) is 2. The molecule has 1 fully saturated rings. The van der Waals surface area contributed by atoms with Crippen LogP contribution in [0.2, 0.25) is 0 Å². The molecule has 0 bridgehead atoms. The first-order chi connectivity index (χ1) is 12.1. The maximum Gasteiger partial charge on any atom is 0.191 e. The van der Waals surface area contributed by atoms with E-state index in [1.165, 1.54) is 32.2 Å². The summed E-state index contributed by atoms with van der Waals surface area (Å²) >= 11 is 0. The van der Waals surface area contributed by atoms with Crippen LogP contribution in [0, 0.1) is 5.41 Å². The minimum Gasteiger partial charge on any atom is -0.382 e. The summed E-state index contributed by atoms with van der Waals surface area (Å²) in [5.74, 6) is 0.973. The van der Waals surface area contributed by atoms with Gasteiger partial charge in [-0.05, 0) is 77.9 Å². The van der Waals surface area contributed by atoms with Crippen LogP contribution >= 0.6 is 0 Å². The Hall–Kier alpha value is -0.810. The number of rotatable bonds is 14. The van der Waals surface area contributed by atoms with Crippen LogP contribution in [0.25, 0.3) is 0 Å². The molecule has 5 heteroatoms. The van der Waals surface area contributed by atoms with Crippen molar-refractivity contribution in [3.8, 4) is 0 Å². The van der Waals surface area contributed by atoms with Crippen molar-refractivity contribution >= 4 is 5.96 Å². The molecule has 0 aromatic carbocycles. The Kier molecular flexibility index (Phi) is 11.1. The molecule has 1 unspecified atom stereocenters. The zero-order valence-corrected chi connectivity index (χ0v) is 17.4. The van der Waals surface area contributed by atoms with Gasteiger partial charge in [-0.3, -0.25) is 4.99 Å². The van der Waals surface area contributed by atoms with Crippen LogP contribution < -0.4 is 10.6 Å². The van der Waals surface area contributed by atoms with E-state index in [0.717, 1.165) is 51.8 Å². The van der Waals surface area contributed by atoms with Crippen molar-refractivity contribution < 1.29 is 4.74 Å². The lowest BCUT2D eigenvalue weighted by atomic mass is 10.0. The van der Waals surface area contributed by atoms with Gasteiger partial charge in [-0.25, -0.2) is 0 Å². The van der Waals surface area contributed by atoms with E-state index in [1.54, 1.807) is 0 Å². The summed E-state index contributed by atoms with van der Waals surface area (Å²) in [7, 11) is 0. The molecular formula is C20H42N4O. The first kappa shape index (κ1) is 22.2. The Balaban J connectivity index is 2.36. The zero-order valence-electron chi connectivity index (χ0n) is 17.4. The highest BCUT2D eigenvalue weighted by Gasteiger charge is 2.41. The van der Waals surface area contributed by atoms with Crippen molar-refractivity contribution in [2.24, 2.45) is 10.4 Å². The fraction of sp³-hybridized carbons (Fsp3) is 0.950. The highest BCUT2D eigenvalue weighted by atomic mass is 16.5. The molecule has 0 saturated heterocycles. The van der Waals surface area contributed by atoms with Gasteiger partial charge in [-0.15, -0.1) is 0 Å². The van der Waals surface area contributed by atoms with Gasteiger partial charge in [0.1, 0.15) is 0 Å². The molecule has 1 saturated carbocycles. The first-order valence-corrected chi connectivity index (χ1v) is 10.4. The third-order valence-electron chi connectivity index (χ3n) is 5.24. The number of aliphatic imine (C=N–C) groups is 1. The number of ether oxygens (including phenoxy) is 1. The number of nitrogens with one attached hydrogen (secondary N) is 2. The zero-order chi connectivity index (χ0) is 18.5. The Bertz CT molecular complexity index is 365. The van der Waals surface area contributed by atoms with Gasteiger partial charge in [0, 0.05) is 32.3 Å². The van der Waals surface area contributed by atoms with Crippen LogP contribution in [-0.4, -0.2) is 62.8 Å². The SMILES string of the molecule is CCNC(=NCC1(CCOCC)CC1)NC(C)CCCN(CC)CC. The van der Waals surface area contributed by atoms with E-state index < -0.39 is 0 Å². The van der Waals surface area contributed by atoms with Crippen LogP contribution in [0.5, 0.6) is 0 Å². The van der Waals surface area contributed by atoms with Gasteiger partial charge in [-0.1, -0.05) is 13.8 Å². The van der Waals surface area contributed by atoms with Gasteiger partial charge in [0.2, 0.25) is 0 Å². The molecule has 0 spiro atoms. The fourth-order valence-corrected chi connectivity index (χ4v) is 3.13. The molecular weight excluding hydrogens is 312 g/mol. The van der Waals surface area contributed by atoms with Gasteiger partial charge in [0.25, 0.3) is 0 Å². The number of guanidine groups is 1. The van der Waals surface area contributed by atoms with Crippen LogP contribution in [0.15, 0.2) is 4.99 Å². The topological polar surface area (TPSA) is 48.9 Å². The Morgan fingerprint density at radius 1 is 1.20 bits per heavy atom. The van der Waals surface area contributed by atoms with Crippen molar-refractivity contribution in [2.75, 3.05) is 45.9 Å². The second-order valence-electron chi connectivity index (χ2n) is 7.36. The maximum absolute atomic E-state index is 5.53. The number of hydrogen-bond acceptors (Lipinski definition) is 3. The van der Waals surface area contributed by atoms with E-state index in [1.807, 2.05) is 0 Å². The summed E-state index contributed by atoms with van der Waals surface area (Å²) < 4.78 is 5.53. The molecule has 1 aliphatic rings. The van der Waals surface area contributed by atoms with Crippen LogP contribution in [0.4, 0.5) is 0 Å². The minimum absolute atomic E-state index is 0.406. The quantitative estimate of drug-likeness (QED) is 0.286. The predicted octanol–water partition coefficient (Wildman–Crippen LogP) is 3.26. The van der Waals surface area contributed by atoms with Gasteiger partial charge in [-0.2, -0.15) is 0 Å². The average molecular weight is 355 g/mol. The molecule has 0 aromatic heterocycles. The summed E-state index contributed by atoms with van der Waals surface area (Å²) in [6.07, 6.45) is 6.14. The molecule has 5 nitrogen and oxygen atoms in total. The lowest BCUT2D eigenvalue weighted by Crippen LogP contribution is -2.42. The maximum atomic E-state index is 5.53. The molecule has 0 heterocycles. The van der Waals surface area contributed by atoms with Gasteiger partial charge in [0.05, 0.1) is 0 Å². The van der Waals surface area contributed by atoms with Crippen molar-refractivity contribution in [2.45, 2.75) is 72.8 Å². The smallest absolute Gasteiger partial charge is 0.191 e. The lowest BCUT2D eigenvalue weighted by molar-refractivity contribution is 0.129. The van der Waals surface area contributed by atoms with Crippen LogP contribution in [-0.2, 0) is 4.74 Å². The molecule has 0 aliphatic heterocycles. The monoisotopic (exact) mass is 354 g/mol. The predicted molar refractivity (Wildman–Crippen MR) is 108 cm³/mol. The van der Waals surface area contributed by atoms with Crippen molar-refractivity contribution in [1.82, 2.24) is 15.5 Å². The van der Waals surface area contributed by atoms with Gasteiger partial charge < -0.3 is 20.3 Å². The summed E-state index contributed by atoms with van der Waals surface area (Å²) in [5, 5.41) is 6.98. The largest absolute Gasteiger partial charge is 0.382 e. The standard InChI is InChI=1S/C20H42N4O/c1-6-21-19(22-17-20(12-13-20)14-16-25-9-4)23-18(5)11-10-15-24(7-2)8-3/h18H,6-17H2,1-5H3,(H2,21,22,23). The van der Waals surface area contributed by atoms with E-state index in [2.05, 4.69) is 50.2 Å². The highest BCUT2D eigenvalue weighted by molar-refractivity contribution is 5.80. The normalized spacial score (nSPS) is 17.6. The van der Waals surface area contributed by atoms with Crippen molar-refractivity contribution in [3.05, 3.63) is 0 Å². The fourth-order valence-electron chi connectivity index (χ4n) is 3.13. The average Bonchev–Trinajstić information content (AvgIpc) is 3.37. The Morgan fingerprint density at radius 2 is 1.92 bits per heavy atom. The minimum atomic E-state index is 0.406. The van der Waals surface area contributed by atoms with Crippen LogP contribution in [0.1, 0.15) is 66.7 Å². The second kappa shape index (κ2) is 12.5. The van der Waals surface area contributed by atoms with Crippen molar-refractivity contribution in [3.63, 3.8) is 0 Å². The van der Waals surface area contributed by atoms with E-state index in [9.17, 15) is 0 Å². The van der Waals surface area contributed by atoms with Crippen molar-refractivity contribution in [1.29, 1.82) is 0 Å². The summed E-state index contributed by atoms with van der Waals surface area (Å²) in [5.41, 5.74) is 0.406. The van der Waals surface area contributed by atoms with Crippen LogP contribution in [0.3, 0.4) is 0 Å². The Morgan fingerprint density at radius 3 is 2.48 bits per heavy atom. The molecule has 1 rings (SSSR count). The molecule has 0 amide bonds. The van der Waals surface area contributed by atoms with Gasteiger partial charge >= 0.3 is 0 Å². The third-order valence-corrected chi connectivity index (χ3v) is 5.24. The molecule has 1 aliphatic carbocycles. The molecule has 0 aromatic rings. The number of nitrogens with zero attached hydrogens (tertiary/aromatic N) is 2. The molecule has 1 atom stereocenters. The van der Waals surface area contributed by atoms with E-state index in [0.29, 0.717) is 11.5 Å². The first-order valence-electron chi connectivity index (χ1n) is 10.4. The third kappa shape index (κ3) is 9.45. The van der Waals surface area contributed by atoms with E-state index in [-0.39, 0.29) is 0 Å². The Labute approximate surface area is 156 Å². The molecule has 25 heavy (non-hydrogen) atoms. The molecule has 148 valence electrons. The van der Waals surface area contributed by atoms with Gasteiger partial charge in [0.15, 0.2) is 5.96 Å². The lowest BCUT2D eigenvalue weighted by Gasteiger charge is -2.21. The van der Waals surface area contributed by atoms with E-state index in [4.69, 9.17) is 9.73 Å².